The van der Waals surface area contributed by atoms with Gasteiger partial charge in [0.05, 0.1) is 10.1 Å². The first-order chi connectivity index (χ1) is 18.9. The molecule has 2 aromatic rings. The summed E-state index contributed by atoms with van der Waals surface area (Å²) in [4.78, 5) is 48.3. The summed E-state index contributed by atoms with van der Waals surface area (Å²) in [5.74, 6) is -1.50. The van der Waals surface area contributed by atoms with E-state index in [0.717, 1.165) is 15.3 Å². The van der Waals surface area contributed by atoms with Crippen molar-refractivity contribution in [1.82, 2.24) is 14.7 Å². The van der Waals surface area contributed by atoms with Crippen LogP contribution in [0.1, 0.15) is 24.0 Å². The minimum Gasteiger partial charge on any atom is -0.330 e. The van der Waals surface area contributed by atoms with Crippen LogP contribution >= 0.6 is 23.5 Å². The van der Waals surface area contributed by atoms with Crippen molar-refractivity contribution in [2.75, 3.05) is 24.0 Å². The summed E-state index contributed by atoms with van der Waals surface area (Å²) in [5.41, 5.74) is 10.4. The molecule has 0 spiro atoms. The molecular formula is C24H29N5O8S3. The highest BCUT2D eigenvalue weighted by Gasteiger charge is 2.81. The van der Waals surface area contributed by atoms with Crippen LogP contribution in [0.4, 0.5) is 0 Å². The molecule has 1 aromatic heterocycles. The maximum Gasteiger partial charge on any atom is 0.351 e. The molecule has 1 amide bonds. The fourth-order valence-electron chi connectivity index (χ4n) is 5.04. The minimum absolute atomic E-state index is 0.104. The number of hydrogen-bond donors (Lipinski definition) is 4. The first-order valence-corrected chi connectivity index (χ1v) is 16.1. The number of carbonyl (C=O) groups excluding carboxylic acids is 3. The number of rotatable bonds is 11. The lowest BCUT2D eigenvalue weighted by Crippen LogP contribution is -2.74. The highest BCUT2D eigenvalue weighted by atomic mass is 32.2. The second-order valence-corrected chi connectivity index (χ2v) is 13.1. The molecule has 2 atom stereocenters. The van der Waals surface area contributed by atoms with Gasteiger partial charge in [0.15, 0.2) is 5.54 Å². The average molecular weight is 612 g/mol. The van der Waals surface area contributed by atoms with E-state index in [-0.39, 0.29) is 23.3 Å². The van der Waals surface area contributed by atoms with E-state index in [1.54, 1.807) is 0 Å². The van der Waals surface area contributed by atoms with Gasteiger partial charge in [0, 0.05) is 18.5 Å². The molecule has 13 nitrogen and oxygen atoms in total. The van der Waals surface area contributed by atoms with Crippen LogP contribution in [-0.2, 0) is 39.6 Å². The number of thioether (sulfide) groups is 2. The van der Waals surface area contributed by atoms with Crippen LogP contribution in [0.25, 0.3) is 6.08 Å². The molecule has 216 valence electrons. The van der Waals surface area contributed by atoms with Crippen LogP contribution in [-0.4, -0.2) is 75.8 Å². The summed E-state index contributed by atoms with van der Waals surface area (Å²) < 4.78 is 27.6. The van der Waals surface area contributed by atoms with Gasteiger partial charge in [0.1, 0.15) is 11.1 Å². The highest BCUT2D eigenvalue weighted by molar-refractivity contribution is 7.98. The number of hydroxylamine groups is 3. The number of nitrogens with two attached hydrogens (primary N) is 2. The molecule has 3 heterocycles. The Hall–Kier alpha value is -2.86. The lowest BCUT2D eigenvalue weighted by atomic mass is 9.61. The lowest BCUT2D eigenvalue weighted by molar-refractivity contribution is -0.325. The number of nitrogens with one attached hydrogen (secondary N) is 1. The summed E-state index contributed by atoms with van der Waals surface area (Å²) in [5, 5.41) is 9.39. The summed E-state index contributed by atoms with van der Waals surface area (Å²) in [6, 6.07) is 7.00. The summed E-state index contributed by atoms with van der Waals surface area (Å²) >= 11 is 2.90. The zero-order chi connectivity index (χ0) is 29.3. The Labute approximate surface area is 239 Å². The van der Waals surface area contributed by atoms with Crippen molar-refractivity contribution in [3.63, 3.8) is 0 Å². The van der Waals surface area contributed by atoms with Gasteiger partial charge in [0.2, 0.25) is 0 Å². The van der Waals surface area contributed by atoms with E-state index >= 15 is 0 Å². The average Bonchev–Trinajstić information content (AvgIpc) is 3.57. The molecular weight excluding hydrogens is 582 g/mol. The molecule has 2 unspecified atom stereocenters. The van der Waals surface area contributed by atoms with Gasteiger partial charge in [-0.3, -0.25) is 10.0 Å². The van der Waals surface area contributed by atoms with Crippen molar-refractivity contribution in [2.24, 2.45) is 11.5 Å². The predicted octanol–water partition coefficient (Wildman–Crippen LogP) is 0.586. The monoisotopic (exact) mass is 611 g/mol. The van der Waals surface area contributed by atoms with E-state index in [9.17, 15) is 22.8 Å². The smallest absolute Gasteiger partial charge is 0.330 e. The number of amides is 1. The third-order valence-corrected chi connectivity index (χ3v) is 9.98. The van der Waals surface area contributed by atoms with E-state index in [2.05, 4.69) is 0 Å². The topological polar surface area (TPSA) is 196 Å². The second kappa shape index (κ2) is 11.2. The van der Waals surface area contributed by atoms with Crippen molar-refractivity contribution in [3.8, 4) is 0 Å². The molecule has 0 radical (unpaired) electrons. The number of hydrogen-bond acceptors (Lipinski definition) is 13. The second-order valence-electron chi connectivity index (χ2n) is 9.27. The van der Waals surface area contributed by atoms with E-state index < -0.39 is 44.5 Å². The van der Waals surface area contributed by atoms with Gasteiger partial charge in [0.25, 0.3) is 15.9 Å². The summed E-state index contributed by atoms with van der Waals surface area (Å²) in [7, 11) is -4.08. The molecule has 2 aliphatic rings. The fraction of sp³-hybridized carbons (Fsp3) is 0.375. The Balaban J connectivity index is 1.80. The van der Waals surface area contributed by atoms with Gasteiger partial charge in [-0.15, -0.1) is 0 Å². The lowest BCUT2D eigenvalue weighted by Gasteiger charge is -2.45. The minimum atomic E-state index is -4.08. The van der Waals surface area contributed by atoms with Crippen LogP contribution in [0.3, 0.4) is 0 Å². The Morgan fingerprint density at radius 3 is 2.08 bits per heavy atom. The largest absolute Gasteiger partial charge is 0.351 e. The SMILES string of the molecule is CSCCC1(N)C(=O)ON2OC(=O)C(N)(CCSC)C21c1ccc(S(=O)(=O)n2ccc(/C=C/C(=O)NO)c2)cc1. The van der Waals surface area contributed by atoms with Crippen molar-refractivity contribution in [2.45, 2.75) is 34.4 Å². The molecule has 0 aliphatic carbocycles. The van der Waals surface area contributed by atoms with Gasteiger partial charge in [-0.1, -0.05) is 12.1 Å². The summed E-state index contributed by atoms with van der Waals surface area (Å²) in [6.45, 7) is 0. The third-order valence-electron chi connectivity index (χ3n) is 7.10. The summed E-state index contributed by atoms with van der Waals surface area (Å²) in [6.07, 6.45) is 8.85. The van der Waals surface area contributed by atoms with Crippen LogP contribution in [0.5, 0.6) is 0 Å². The molecule has 4 rings (SSSR count). The number of carbonyl (C=O) groups is 3. The molecule has 2 fully saturated rings. The highest BCUT2D eigenvalue weighted by Crippen LogP contribution is 2.57. The van der Waals surface area contributed by atoms with E-state index in [4.69, 9.17) is 26.3 Å². The zero-order valence-corrected chi connectivity index (χ0v) is 24.1. The quantitative estimate of drug-likeness (QED) is 0.157. The normalized spacial score (nSPS) is 26.6. The molecule has 0 bridgehead atoms. The van der Waals surface area contributed by atoms with Crippen molar-refractivity contribution < 1.29 is 37.7 Å². The van der Waals surface area contributed by atoms with Gasteiger partial charge < -0.3 is 21.1 Å². The van der Waals surface area contributed by atoms with E-state index in [0.29, 0.717) is 17.1 Å². The fourth-order valence-corrected chi connectivity index (χ4v) is 7.30. The zero-order valence-electron chi connectivity index (χ0n) is 21.6. The molecule has 40 heavy (non-hydrogen) atoms. The van der Waals surface area contributed by atoms with Crippen molar-refractivity contribution in [3.05, 3.63) is 59.9 Å². The number of nitrogens with zero attached hydrogens (tertiary/aromatic N) is 2. The van der Waals surface area contributed by atoms with Crippen LogP contribution in [0, 0.1) is 0 Å². The van der Waals surface area contributed by atoms with E-state index in [1.165, 1.54) is 77.8 Å². The Bertz CT molecular complexity index is 1410. The predicted molar refractivity (Wildman–Crippen MR) is 148 cm³/mol. The number of aromatic nitrogens is 1. The van der Waals surface area contributed by atoms with Gasteiger partial charge >= 0.3 is 11.9 Å². The maximum atomic E-state index is 13.3. The first-order valence-electron chi connectivity index (χ1n) is 11.9. The first kappa shape index (κ1) is 30.1. The van der Waals surface area contributed by atoms with Gasteiger partial charge in [-0.25, -0.2) is 27.5 Å². The Kier molecular flexibility index (Phi) is 8.43. The molecule has 6 N–H and O–H groups in total. The molecule has 0 saturated carbocycles. The van der Waals surface area contributed by atoms with Crippen molar-refractivity contribution >= 4 is 57.5 Å². The number of benzene rings is 1. The Morgan fingerprint density at radius 1 is 1.02 bits per heavy atom. The molecule has 2 saturated heterocycles. The van der Waals surface area contributed by atoms with Crippen LogP contribution in [0.2, 0.25) is 0 Å². The maximum absolute atomic E-state index is 13.3. The van der Waals surface area contributed by atoms with Crippen molar-refractivity contribution in [1.29, 1.82) is 0 Å². The standard InChI is InChI=1S/C24H29N5O8S3/c1-38-13-10-22(25)20(31)36-29-24(22,23(26,11-14-39-2)21(32)37-29)17-4-6-18(7-5-17)40(34,35)28-12-9-16(15-28)3-8-19(30)27-33/h3-9,12,15,33H,10-11,13-14,25-26H2,1-2H3,(H,27,30)/b8-3+. The van der Waals surface area contributed by atoms with Gasteiger partial charge in [-0.2, -0.15) is 23.5 Å². The molecule has 2 aliphatic heterocycles. The Morgan fingerprint density at radius 2 is 1.57 bits per heavy atom. The molecule has 16 heteroatoms. The number of fused-ring (bicyclic) bond motifs is 1. The van der Waals surface area contributed by atoms with Gasteiger partial charge in [-0.05, 0) is 72.3 Å². The van der Waals surface area contributed by atoms with E-state index in [1.807, 2.05) is 12.5 Å². The van der Waals surface area contributed by atoms with Crippen LogP contribution in [0.15, 0.2) is 53.7 Å². The third kappa shape index (κ3) is 4.52. The molecule has 1 aromatic carbocycles. The van der Waals surface area contributed by atoms with Crippen LogP contribution < -0.4 is 16.9 Å².